The van der Waals surface area contributed by atoms with Crippen molar-refractivity contribution >= 4 is 15.9 Å². The number of carbonyl (C=O) groups is 1. The van der Waals surface area contributed by atoms with Crippen LogP contribution in [-0.4, -0.2) is 41.9 Å². The number of sulfonamides is 1. The van der Waals surface area contributed by atoms with Crippen molar-refractivity contribution in [1.82, 2.24) is 14.8 Å². The highest BCUT2D eigenvalue weighted by Gasteiger charge is 2.29. The lowest BCUT2D eigenvalue weighted by Crippen LogP contribution is -2.38. The second kappa shape index (κ2) is 8.64. The minimum atomic E-state index is -3.52. The van der Waals surface area contributed by atoms with Crippen LogP contribution in [0.2, 0.25) is 0 Å². The van der Waals surface area contributed by atoms with Crippen molar-refractivity contribution < 1.29 is 22.8 Å². The van der Waals surface area contributed by atoms with Gasteiger partial charge in [-0.2, -0.15) is 4.31 Å². The number of oxazole rings is 1. The Hall–Kier alpha value is -2.23. The molecule has 0 atom stereocenters. The average Bonchev–Trinajstić information content (AvgIpc) is 3.23. The zero-order chi connectivity index (χ0) is 19.3. The molecule has 146 valence electrons. The zero-order valence-corrected chi connectivity index (χ0v) is 15.7. The number of carbonyl (C=O) groups excluding carboxylic acids is 1. The fourth-order valence-electron chi connectivity index (χ4n) is 3.34. The van der Waals surface area contributed by atoms with E-state index in [9.17, 15) is 13.2 Å². The zero-order valence-electron chi connectivity index (χ0n) is 14.9. The van der Waals surface area contributed by atoms with E-state index in [1.807, 2.05) is 0 Å². The Morgan fingerprint density at radius 2 is 1.96 bits per heavy atom. The summed E-state index contributed by atoms with van der Waals surface area (Å²) in [6, 6.07) is 6.61. The molecule has 0 saturated carbocycles. The number of aromatic nitrogens is 1. The maximum Gasteiger partial charge on any atom is 0.243 e. The normalized spacial score (nSPS) is 16.3. The Balaban J connectivity index is 1.56. The van der Waals surface area contributed by atoms with Crippen molar-refractivity contribution in [3.63, 3.8) is 0 Å². The van der Waals surface area contributed by atoms with Crippen LogP contribution in [0.25, 0.3) is 11.3 Å². The van der Waals surface area contributed by atoms with Crippen LogP contribution < -0.4 is 5.48 Å². The molecule has 1 aromatic carbocycles. The van der Waals surface area contributed by atoms with Crippen molar-refractivity contribution in [3.05, 3.63) is 36.9 Å². The molecule has 0 bridgehead atoms. The summed E-state index contributed by atoms with van der Waals surface area (Å²) >= 11 is 0. The number of benzene rings is 1. The number of hydrogen-bond donors (Lipinski definition) is 2. The van der Waals surface area contributed by atoms with Crippen LogP contribution in [0.3, 0.4) is 0 Å². The van der Waals surface area contributed by atoms with Gasteiger partial charge in [-0.05, 0) is 55.9 Å². The summed E-state index contributed by atoms with van der Waals surface area (Å²) in [6.07, 6.45) is 6.29. The third kappa shape index (κ3) is 4.74. The predicted molar refractivity (Wildman–Crippen MR) is 97.2 cm³/mol. The molecule has 1 amide bonds. The summed E-state index contributed by atoms with van der Waals surface area (Å²) < 4.78 is 32.4. The van der Waals surface area contributed by atoms with Gasteiger partial charge in [0.05, 0.1) is 11.1 Å². The van der Waals surface area contributed by atoms with Crippen molar-refractivity contribution in [2.24, 2.45) is 5.92 Å². The topological polar surface area (TPSA) is 113 Å². The van der Waals surface area contributed by atoms with Gasteiger partial charge in [0.2, 0.25) is 15.9 Å². The second-order valence-corrected chi connectivity index (χ2v) is 8.60. The van der Waals surface area contributed by atoms with Gasteiger partial charge in [0.1, 0.15) is 0 Å². The highest BCUT2D eigenvalue weighted by atomic mass is 32.2. The van der Waals surface area contributed by atoms with Gasteiger partial charge in [0, 0.05) is 25.1 Å². The van der Waals surface area contributed by atoms with E-state index >= 15 is 0 Å². The molecule has 1 aliphatic heterocycles. The predicted octanol–water partition coefficient (Wildman–Crippen LogP) is 2.42. The van der Waals surface area contributed by atoms with Crippen molar-refractivity contribution in [2.75, 3.05) is 13.1 Å². The third-order valence-electron chi connectivity index (χ3n) is 4.92. The number of hydrogen-bond acceptors (Lipinski definition) is 6. The first-order chi connectivity index (χ1) is 13.0. The SMILES string of the molecule is O=C(CCCC1CCN(S(=O)(=O)c2ccc(-c3cnco3)cc2)CC1)NO. The van der Waals surface area contributed by atoms with E-state index in [4.69, 9.17) is 9.62 Å². The summed E-state index contributed by atoms with van der Waals surface area (Å²) in [7, 11) is -3.52. The first-order valence-electron chi connectivity index (χ1n) is 8.92. The standard InChI is InChI=1S/C18H23N3O5S/c22-18(20-23)3-1-2-14-8-10-21(11-9-14)27(24,25)16-6-4-15(5-7-16)17-12-19-13-26-17/h4-7,12-14,23H,1-3,8-11H2,(H,20,22). The molecule has 0 spiro atoms. The Kier molecular flexibility index (Phi) is 6.25. The molecule has 9 heteroatoms. The molecule has 2 N–H and O–H groups in total. The molecule has 3 rings (SSSR count). The Morgan fingerprint density at radius 1 is 1.26 bits per heavy atom. The molecule has 1 fully saturated rings. The molecule has 2 aromatic rings. The maximum absolute atomic E-state index is 12.8. The first kappa shape index (κ1) is 19.5. The molecule has 8 nitrogen and oxygen atoms in total. The molecule has 0 radical (unpaired) electrons. The lowest BCUT2D eigenvalue weighted by atomic mass is 9.92. The Bertz CT molecular complexity index is 842. The average molecular weight is 393 g/mol. The molecule has 1 aliphatic rings. The highest BCUT2D eigenvalue weighted by Crippen LogP contribution is 2.28. The summed E-state index contributed by atoms with van der Waals surface area (Å²) in [6.45, 7) is 0.950. The minimum absolute atomic E-state index is 0.267. The second-order valence-electron chi connectivity index (χ2n) is 6.66. The smallest absolute Gasteiger partial charge is 0.243 e. The minimum Gasteiger partial charge on any atom is -0.444 e. The maximum atomic E-state index is 12.8. The molecule has 0 unspecified atom stereocenters. The summed E-state index contributed by atoms with van der Waals surface area (Å²) in [5, 5.41) is 8.49. The molecular weight excluding hydrogens is 370 g/mol. The van der Waals surface area contributed by atoms with E-state index in [0.29, 0.717) is 31.2 Å². The molecule has 1 aromatic heterocycles. The molecule has 2 heterocycles. The van der Waals surface area contributed by atoms with Crippen LogP contribution in [-0.2, 0) is 14.8 Å². The highest BCUT2D eigenvalue weighted by molar-refractivity contribution is 7.89. The van der Waals surface area contributed by atoms with E-state index in [1.165, 1.54) is 10.7 Å². The van der Waals surface area contributed by atoms with Gasteiger partial charge >= 0.3 is 0 Å². The Morgan fingerprint density at radius 3 is 2.56 bits per heavy atom. The number of nitrogens with one attached hydrogen (secondary N) is 1. The largest absolute Gasteiger partial charge is 0.444 e. The van der Waals surface area contributed by atoms with Gasteiger partial charge in [-0.15, -0.1) is 0 Å². The fourth-order valence-corrected chi connectivity index (χ4v) is 4.81. The van der Waals surface area contributed by atoms with Gasteiger partial charge in [-0.3, -0.25) is 10.0 Å². The summed E-state index contributed by atoms with van der Waals surface area (Å²) in [5.74, 6) is 0.607. The van der Waals surface area contributed by atoms with Crippen LogP contribution in [0.4, 0.5) is 0 Å². The van der Waals surface area contributed by atoms with Crippen LogP contribution in [0.15, 0.2) is 46.2 Å². The van der Waals surface area contributed by atoms with Gasteiger partial charge in [0.15, 0.2) is 12.2 Å². The van der Waals surface area contributed by atoms with Crippen molar-refractivity contribution in [3.8, 4) is 11.3 Å². The molecule has 1 saturated heterocycles. The van der Waals surface area contributed by atoms with Crippen LogP contribution >= 0.6 is 0 Å². The summed E-state index contributed by atoms with van der Waals surface area (Å²) in [5.41, 5.74) is 2.40. The van der Waals surface area contributed by atoms with Crippen LogP contribution in [0, 0.1) is 5.92 Å². The Labute approximate surface area is 158 Å². The number of rotatable bonds is 7. The number of nitrogens with zero attached hydrogens (tertiary/aromatic N) is 2. The first-order valence-corrected chi connectivity index (χ1v) is 10.4. The van der Waals surface area contributed by atoms with E-state index in [2.05, 4.69) is 4.98 Å². The fraction of sp³-hybridized carbons (Fsp3) is 0.444. The molecule has 27 heavy (non-hydrogen) atoms. The van der Waals surface area contributed by atoms with Crippen LogP contribution in [0.1, 0.15) is 32.1 Å². The van der Waals surface area contributed by atoms with Gasteiger partial charge < -0.3 is 4.42 Å². The van der Waals surface area contributed by atoms with Crippen molar-refractivity contribution in [1.29, 1.82) is 0 Å². The van der Waals surface area contributed by atoms with Crippen molar-refractivity contribution in [2.45, 2.75) is 37.0 Å². The summed E-state index contributed by atoms with van der Waals surface area (Å²) in [4.78, 5) is 15.2. The van der Waals surface area contributed by atoms with E-state index in [1.54, 1.807) is 35.9 Å². The third-order valence-corrected chi connectivity index (χ3v) is 6.84. The number of hydroxylamine groups is 1. The quantitative estimate of drug-likeness (QED) is 0.552. The molecular formula is C18H23N3O5S. The number of piperidine rings is 1. The van der Waals surface area contributed by atoms with Gasteiger partial charge in [0.25, 0.3) is 0 Å². The van der Waals surface area contributed by atoms with E-state index < -0.39 is 10.0 Å². The lowest BCUT2D eigenvalue weighted by molar-refractivity contribution is -0.129. The van der Waals surface area contributed by atoms with E-state index in [0.717, 1.165) is 24.8 Å². The van der Waals surface area contributed by atoms with Gasteiger partial charge in [-0.25, -0.2) is 18.9 Å². The number of amides is 1. The molecule has 0 aliphatic carbocycles. The van der Waals surface area contributed by atoms with Gasteiger partial charge in [-0.1, -0.05) is 0 Å². The monoisotopic (exact) mass is 393 g/mol. The lowest BCUT2D eigenvalue weighted by Gasteiger charge is -2.31. The van der Waals surface area contributed by atoms with E-state index in [-0.39, 0.29) is 17.2 Å². The van der Waals surface area contributed by atoms with Crippen LogP contribution in [0.5, 0.6) is 0 Å².